The molecule has 0 saturated heterocycles. The molecule has 3 nitrogen and oxygen atoms in total. The van der Waals surface area contributed by atoms with Crippen LogP contribution in [-0.2, 0) is 0 Å². The monoisotopic (exact) mass is 190 g/mol. The van der Waals surface area contributed by atoms with Crippen molar-refractivity contribution in [2.24, 2.45) is 0 Å². The smallest absolute Gasteiger partial charge is 0.248 e. The van der Waals surface area contributed by atoms with E-state index in [4.69, 9.17) is 0 Å². The number of rotatable bonds is 1. The van der Waals surface area contributed by atoms with Gasteiger partial charge in [0.15, 0.2) is 0 Å². The number of aryl methyl sites for hydroxylation is 1. The highest BCUT2D eigenvalue weighted by Crippen LogP contribution is 2.18. The maximum atomic E-state index is 11.3. The second-order valence-corrected chi connectivity index (χ2v) is 3.60. The first-order valence-corrected chi connectivity index (χ1v) is 4.87. The molecule has 1 aliphatic heterocycles. The zero-order valence-corrected chi connectivity index (χ0v) is 8.26. The fraction of sp³-hybridized carbons (Fsp3) is 0.364. The van der Waals surface area contributed by atoms with Gasteiger partial charge in [-0.05, 0) is 37.1 Å². The lowest BCUT2D eigenvalue weighted by Gasteiger charge is -2.14. The van der Waals surface area contributed by atoms with Crippen LogP contribution in [0, 0.1) is 6.92 Å². The summed E-state index contributed by atoms with van der Waals surface area (Å²) in [7, 11) is 0. The quantitative estimate of drug-likeness (QED) is 0.695. The first-order valence-electron chi connectivity index (χ1n) is 4.87. The average molecular weight is 190 g/mol. The van der Waals surface area contributed by atoms with E-state index in [1.807, 2.05) is 13.0 Å². The number of hydrogen-bond acceptors (Lipinski definition) is 2. The lowest BCUT2D eigenvalue weighted by Crippen LogP contribution is -2.20. The number of aromatic amines is 1. The summed E-state index contributed by atoms with van der Waals surface area (Å²) in [6.07, 6.45) is 3.15. The lowest BCUT2D eigenvalue weighted by molar-refractivity contribution is 0.738. The van der Waals surface area contributed by atoms with Gasteiger partial charge in [-0.25, -0.2) is 0 Å². The molecule has 74 valence electrons. The van der Waals surface area contributed by atoms with Crippen LogP contribution in [0.4, 0.5) is 0 Å². The summed E-state index contributed by atoms with van der Waals surface area (Å²) in [5.74, 6) is 0. The number of H-pyrrole nitrogens is 1. The largest absolute Gasteiger partial charge is 0.326 e. The van der Waals surface area contributed by atoms with Crippen molar-refractivity contribution in [3.63, 3.8) is 0 Å². The minimum Gasteiger partial charge on any atom is -0.326 e. The fourth-order valence-corrected chi connectivity index (χ4v) is 1.75. The second-order valence-electron chi connectivity index (χ2n) is 3.60. The molecule has 0 aliphatic carbocycles. The molecular formula is C11H14N2O. The van der Waals surface area contributed by atoms with E-state index in [-0.39, 0.29) is 5.56 Å². The van der Waals surface area contributed by atoms with Crippen molar-refractivity contribution in [3.05, 3.63) is 39.8 Å². The van der Waals surface area contributed by atoms with Crippen LogP contribution in [0.25, 0.3) is 5.57 Å². The van der Waals surface area contributed by atoms with Crippen LogP contribution in [0.5, 0.6) is 0 Å². The van der Waals surface area contributed by atoms with Crippen LogP contribution in [0.1, 0.15) is 17.7 Å². The highest BCUT2D eigenvalue weighted by atomic mass is 16.1. The van der Waals surface area contributed by atoms with Gasteiger partial charge in [0.05, 0.1) is 0 Å². The van der Waals surface area contributed by atoms with E-state index in [0.717, 1.165) is 30.8 Å². The van der Waals surface area contributed by atoms with Crippen molar-refractivity contribution >= 4 is 5.57 Å². The molecule has 0 saturated carbocycles. The molecule has 1 aromatic rings. The highest BCUT2D eigenvalue weighted by molar-refractivity contribution is 5.66. The van der Waals surface area contributed by atoms with Crippen molar-refractivity contribution in [3.8, 4) is 0 Å². The van der Waals surface area contributed by atoms with Gasteiger partial charge in [0, 0.05) is 18.3 Å². The zero-order valence-electron chi connectivity index (χ0n) is 8.26. The molecule has 2 rings (SSSR count). The molecule has 1 aromatic heterocycles. The van der Waals surface area contributed by atoms with Crippen LogP contribution in [0.15, 0.2) is 23.0 Å². The van der Waals surface area contributed by atoms with E-state index in [1.165, 1.54) is 5.57 Å². The van der Waals surface area contributed by atoms with Gasteiger partial charge >= 0.3 is 0 Å². The highest BCUT2D eigenvalue weighted by Gasteiger charge is 2.06. The number of aromatic nitrogens is 1. The Bertz CT molecular complexity index is 418. The van der Waals surface area contributed by atoms with Crippen LogP contribution < -0.4 is 10.9 Å². The maximum Gasteiger partial charge on any atom is 0.248 e. The molecule has 0 amide bonds. The topological polar surface area (TPSA) is 44.9 Å². The molecule has 0 spiro atoms. The van der Waals surface area contributed by atoms with Crippen molar-refractivity contribution in [1.82, 2.24) is 10.3 Å². The summed E-state index contributed by atoms with van der Waals surface area (Å²) in [4.78, 5) is 14.0. The molecule has 0 bridgehead atoms. The summed E-state index contributed by atoms with van der Waals surface area (Å²) < 4.78 is 0. The Hall–Kier alpha value is -1.35. The van der Waals surface area contributed by atoms with E-state index in [9.17, 15) is 4.79 Å². The average Bonchev–Trinajstić information content (AvgIpc) is 2.18. The first kappa shape index (κ1) is 9.21. The number of pyridine rings is 1. The van der Waals surface area contributed by atoms with Crippen LogP contribution in [0.3, 0.4) is 0 Å². The van der Waals surface area contributed by atoms with Gasteiger partial charge in [-0.15, -0.1) is 0 Å². The molecule has 14 heavy (non-hydrogen) atoms. The predicted octanol–water partition coefficient (Wildman–Crippen LogP) is 1.06. The third kappa shape index (κ3) is 1.93. The molecule has 0 aromatic carbocycles. The maximum absolute atomic E-state index is 11.3. The third-order valence-corrected chi connectivity index (χ3v) is 2.41. The normalized spacial score (nSPS) is 16.5. The predicted molar refractivity (Wildman–Crippen MR) is 57.3 cm³/mol. The van der Waals surface area contributed by atoms with Gasteiger partial charge in [0.25, 0.3) is 0 Å². The van der Waals surface area contributed by atoms with E-state index >= 15 is 0 Å². The summed E-state index contributed by atoms with van der Waals surface area (Å²) in [6.45, 7) is 3.81. The van der Waals surface area contributed by atoms with E-state index in [2.05, 4.69) is 16.4 Å². The van der Waals surface area contributed by atoms with Crippen LogP contribution >= 0.6 is 0 Å². The van der Waals surface area contributed by atoms with Gasteiger partial charge in [0.2, 0.25) is 5.56 Å². The SMILES string of the molecule is Cc1cc(C2=CCNCC2)cc(=O)[nH]1. The third-order valence-electron chi connectivity index (χ3n) is 2.41. The Morgan fingerprint density at radius 1 is 1.36 bits per heavy atom. The molecule has 0 atom stereocenters. The summed E-state index contributed by atoms with van der Waals surface area (Å²) >= 11 is 0. The van der Waals surface area contributed by atoms with Gasteiger partial charge in [0.1, 0.15) is 0 Å². The minimum atomic E-state index is -0.0144. The molecule has 2 N–H and O–H groups in total. The van der Waals surface area contributed by atoms with Gasteiger partial charge in [-0.3, -0.25) is 4.79 Å². The molecule has 2 heterocycles. The van der Waals surface area contributed by atoms with Crippen LogP contribution in [0.2, 0.25) is 0 Å². The van der Waals surface area contributed by atoms with E-state index < -0.39 is 0 Å². The molecule has 0 radical (unpaired) electrons. The van der Waals surface area contributed by atoms with Crippen molar-refractivity contribution in [1.29, 1.82) is 0 Å². The Labute approximate surface area is 82.9 Å². The first-order chi connectivity index (χ1) is 6.75. The number of hydrogen-bond donors (Lipinski definition) is 2. The molecule has 3 heteroatoms. The Morgan fingerprint density at radius 2 is 2.21 bits per heavy atom. The van der Waals surface area contributed by atoms with Crippen LogP contribution in [-0.4, -0.2) is 18.1 Å². The Morgan fingerprint density at radius 3 is 2.86 bits per heavy atom. The molecule has 0 fully saturated rings. The van der Waals surface area contributed by atoms with Crippen molar-refractivity contribution in [2.75, 3.05) is 13.1 Å². The number of nitrogens with one attached hydrogen (secondary N) is 2. The standard InChI is InChI=1S/C11H14N2O/c1-8-6-10(7-11(14)13-8)9-2-4-12-5-3-9/h2,6-7,12H,3-5H2,1H3,(H,13,14). The lowest BCUT2D eigenvalue weighted by atomic mass is 10.0. The van der Waals surface area contributed by atoms with Gasteiger partial charge < -0.3 is 10.3 Å². The summed E-state index contributed by atoms with van der Waals surface area (Å²) in [5.41, 5.74) is 3.25. The Kier molecular flexibility index (Phi) is 2.50. The molecule has 0 unspecified atom stereocenters. The minimum absolute atomic E-state index is 0.0144. The van der Waals surface area contributed by atoms with E-state index in [1.54, 1.807) is 6.07 Å². The van der Waals surface area contributed by atoms with Crippen molar-refractivity contribution in [2.45, 2.75) is 13.3 Å². The fourth-order valence-electron chi connectivity index (χ4n) is 1.75. The summed E-state index contributed by atoms with van der Waals surface area (Å²) in [6, 6.07) is 3.70. The van der Waals surface area contributed by atoms with Gasteiger partial charge in [-0.2, -0.15) is 0 Å². The second kappa shape index (κ2) is 3.80. The Balaban J connectivity index is 2.40. The zero-order chi connectivity index (χ0) is 9.97. The van der Waals surface area contributed by atoms with Gasteiger partial charge in [-0.1, -0.05) is 6.08 Å². The van der Waals surface area contributed by atoms with Crippen molar-refractivity contribution < 1.29 is 0 Å². The summed E-state index contributed by atoms with van der Waals surface area (Å²) in [5, 5.41) is 3.25. The van der Waals surface area contributed by atoms with E-state index in [0.29, 0.717) is 0 Å². The molecule has 1 aliphatic rings. The molecular weight excluding hydrogens is 176 g/mol.